The fourth-order valence-corrected chi connectivity index (χ4v) is 2.72. The first-order valence-electron chi connectivity index (χ1n) is 5.35. The van der Waals surface area contributed by atoms with Gasteiger partial charge >= 0.3 is 0 Å². The maximum atomic E-state index is 5.86. The third-order valence-corrected chi connectivity index (χ3v) is 3.85. The number of hydrogen-bond acceptors (Lipinski definition) is 3. The quantitative estimate of drug-likeness (QED) is 0.851. The summed E-state index contributed by atoms with van der Waals surface area (Å²) in [6.45, 7) is 1.74. The summed E-state index contributed by atoms with van der Waals surface area (Å²) in [4.78, 5) is 2.18. The topological polar surface area (TPSA) is 29.3 Å². The van der Waals surface area contributed by atoms with E-state index in [-0.39, 0.29) is 0 Å². The third-order valence-electron chi connectivity index (χ3n) is 2.31. The summed E-state index contributed by atoms with van der Waals surface area (Å²) in [5.41, 5.74) is 7.05. The molecule has 2 nitrogen and oxygen atoms in total. The smallest absolute Gasteiger partial charge is 0.0420 e. The van der Waals surface area contributed by atoms with Crippen LogP contribution < -0.4 is 5.73 Å². The molecule has 0 bridgehead atoms. The maximum Gasteiger partial charge on any atom is 0.0420 e. The second-order valence-corrected chi connectivity index (χ2v) is 5.70. The highest BCUT2D eigenvalue weighted by Crippen LogP contribution is 2.28. The molecular weight excluding hydrogens is 240 g/mol. The van der Waals surface area contributed by atoms with E-state index in [1.54, 1.807) is 0 Å². The van der Waals surface area contributed by atoms with E-state index < -0.39 is 0 Å². The minimum Gasteiger partial charge on any atom is -0.329 e. The lowest BCUT2D eigenvalue weighted by molar-refractivity contribution is 0.437. The number of thioether (sulfide) groups is 1. The zero-order chi connectivity index (χ0) is 12.0. The van der Waals surface area contributed by atoms with Crippen molar-refractivity contribution in [1.29, 1.82) is 0 Å². The van der Waals surface area contributed by atoms with Crippen molar-refractivity contribution >= 4 is 23.4 Å². The Kier molecular flexibility index (Phi) is 6.21. The van der Waals surface area contributed by atoms with Gasteiger partial charge in [0, 0.05) is 29.1 Å². The summed E-state index contributed by atoms with van der Waals surface area (Å²) in [5.74, 6) is 1.09. The first-order chi connectivity index (χ1) is 7.63. The van der Waals surface area contributed by atoms with Gasteiger partial charge in [-0.3, -0.25) is 0 Å². The molecule has 1 unspecified atom stereocenters. The Morgan fingerprint density at radius 3 is 2.44 bits per heavy atom. The van der Waals surface area contributed by atoms with Crippen molar-refractivity contribution in [3.8, 4) is 0 Å². The monoisotopic (exact) mass is 258 g/mol. The predicted octanol–water partition coefficient (Wildman–Crippen LogP) is 2.63. The Hall–Kier alpha value is -0.220. The Morgan fingerprint density at radius 1 is 1.31 bits per heavy atom. The lowest BCUT2D eigenvalue weighted by Gasteiger charge is -2.16. The molecule has 1 rings (SSSR count). The van der Waals surface area contributed by atoms with Gasteiger partial charge in [0.25, 0.3) is 0 Å². The number of rotatable bonds is 6. The molecule has 0 aliphatic rings. The third kappa shape index (κ3) is 4.74. The molecule has 1 atom stereocenters. The SMILES string of the molecule is CN(C)CCSC(CN)c1ccc(Cl)cc1. The van der Waals surface area contributed by atoms with Crippen molar-refractivity contribution in [3.63, 3.8) is 0 Å². The zero-order valence-corrected chi connectivity index (χ0v) is 11.4. The first kappa shape index (κ1) is 13.8. The highest BCUT2D eigenvalue weighted by atomic mass is 35.5. The van der Waals surface area contributed by atoms with Crippen molar-refractivity contribution in [2.24, 2.45) is 5.73 Å². The van der Waals surface area contributed by atoms with Crippen LogP contribution in [0.3, 0.4) is 0 Å². The molecular formula is C12H19ClN2S. The summed E-state index contributed by atoms with van der Waals surface area (Å²) in [7, 11) is 4.17. The maximum absolute atomic E-state index is 5.86. The average Bonchev–Trinajstić information content (AvgIpc) is 2.26. The molecule has 90 valence electrons. The molecule has 16 heavy (non-hydrogen) atoms. The van der Waals surface area contributed by atoms with Gasteiger partial charge in [0.05, 0.1) is 0 Å². The summed E-state index contributed by atoms with van der Waals surface area (Å²) in [6, 6.07) is 7.96. The van der Waals surface area contributed by atoms with Gasteiger partial charge in [0.15, 0.2) is 0 Å². The Labute approximate surface area is 107 Å². The highest BCUT2D eigenvalue weighted by Gasteiger charge is 2.09. The molecule has 1 aromatic rings. The lowest BCUT2D eigenvalue weighted by atomic mass is 10.1. The van der Waals surface area contributed by atoms with E-state index in [0.29, 0.717) is 11.8 Å². The van der Waals surface area contributed by atoms with Gasteiger partial charge < -0.3 is 10.6 Å². The molecule has 4 heteroatoms. The van der Waals surface area contributed by atoms with E-state index in [4.69, 9.17) is 17.3 Å². The van der Waals surface area contributed by atoms with Crippen LogP contribution in [0, 0.1) is 0 Å². The molecule has 0 aliphatic heterocycles. The summed E-state index contributed by atoms with van der Waals surface area (Å²) in [5, 5.41) is 1.15. The van der Waals surface area contributed by atoms with Crippen molar-refractivity contribution in [1.82, 2.24) is 4.90 Å². The van der Waals surface area contributed by atoms with Gasteiger partial charge in [-0.05, 0) is 31.8 Å². The molecule has 2 N–H and O–H groups in total. The van der Waals surface area contributed by atoms with E-state index in [9.17, 15) is 0 Å². The standard InChI is InChI=1S/C12H19ClN2S/c1-15(2)7-8-16-12(9-14)10-3-5-11(13)6-4-10/h3-6,12H,7-9,14H2,1-2H3. The molecule has 0 amide bonds. The average molecular weight is 259 g/mol. The normalized spacial score (nSPS) is 13.1. The van der Waals surface area contributed by atoms with Crippen LogP contribution in [0.4, 0.5) is 0 Å². The molecule has 0 saturated heterocycles. The lowest BCUT2D eigenvalue weighted by Crippen LogP contribution is -2.17. The summed E-state index contributed by atoms with van der Waals surface area (Å²) >= 11 is 7.76. The Bertz CT molecular complexity index is 300. The van der Waals surface area contributed by atoms with Crippen molar-refractivity contribution in [2.45, 2.75) is 5.25 Å². The van der Waals surface area contributed by atoms with Gasteiger partial charge in [0.2, 0.25) is 0 Å². The van der Waals surface area contributed by atoms with Gasteiger partial charge in [-0.1, -0.05) is 23.7 Å². The summed E-state index contributed by atoms with van der Waals surface area (Å²) < 4.78 is 0. The fraction of sp³-hybridized carbons (Fsp3) is 0.500. The highest BCUT2D eigenvalue weighted by molar-refractivity contribution is 7.99. The van der Waals surface area contributed by atoms with E-state index in [1.165, 1.54) is 5.56 Å². The number of nitrogens with two attached hydrogens (primary N) is 1. The minimum atomic E-state index is 0.372. The van der Waals surface area contributed by atoms with Crippen LogP contribution in [0.25, 0.3) is 0 Å². The minimum absolute atomic E-state index is 0.372. The van der Waals surface area contributed by atoms with Crippen LogP contribution in [0.5, 0.6) is 0 Å². The van der Waals surface area contributed by atoms with E-state index >= 15 is 0 Å². The molecule has 0 heterocycles. The van der Waals surface area contributed by atoms with E-state index in [1.807, 2.05) is 23.9 Å². The van der Waals surface area contributed by atoms with E-state index in [0.717, 1.165) is 17.3 Å². The molecule has 1 aromatic carbocycles. The van der Waals surface area contributed by atoms with Crippen LogP contribution in [-0.2, 0) is 0 Å². The molecule has 0 radical (unpaired) electrons. The van der Waals surface area contributed by atoms with Gasteiger partial charge in [0.1, 0.15) is 0 Å². The molecule has 0 fully saturated rings. The van der Waals surface area contributed by atoms with Crippen molar-refractivity contribution < 1.29 is 0 Å². The fourth-order valence-electron chi connectivity index (χ4n) is 1.36. The second-order valence-electron chi connectivity index (χ2n) is 3.95. The Morgan fingerprint density at radius 2 is 1.94 bits per heavy atom. The zero-order valence-electron chi connectivity index (χ0n) is 9.82. The number of halogens is 1. The second kappa shape index (κ2) is 7.17. The largest absolute Gasteiger partial charge is 0.329 e. The van der Waals surface area contributed by atoms with Gasteiger partial charge in [-0.15, -0.1) is 0 Å². The molecule has 0 aromatic heterocycles. The number of hydrogen-bond donors (Lipinski definition) is 1. The predicted molar refractivity (Wildman–Crippen MR) is 74.3 cm³/mol. The molecule has 0 spiro atoms. The Balaban J connectivity index is 2.50. The van der Waals surface area contributed by atoms with Crippen LogP contribution in [0.15, 0.2) is 24.3 Å². The molecule has 0 saturated carbocycles. The van der Waals surface area contributed by atoms with Crippen molar-refractivity contribution in [3.05, 3.63) is 34.9 Å². The first-order valence-corrected chi connectivity index (χ1v) is 6.78. The van der Waals surface area contributed by atoms with Gasteiger partial charge in [-0.2, -0.15) is 11.8 Å². The molecule has 0 aliphatic carbocycles. The van der Waals surface area contributed by atoms with Gasteiger partial charge in [-0.25, -0.2) is 0 Å². The van der Waals surface area contributed by atoms with Crippen LogP contribution in [0.1, 0.15) is 10.8 Å². The summed E-state index contributed by atoms with van der Waals surface area (Å²) in [6.07, 6.45) is 0. The van der Waals surface area contributed by atoms with Crippen LogP contribution in [-0.4, -0.2) is 37.8 Å². The van der Waals surface area contributed by atoms with Crippen LogP contribution >= 0.6 is 23.4 Å². The van der Waals surface area contributed by atoms with Crippen LogP contribution in [0.2, 0.25) is 5.02 Å². The number of nitrogens with zero attached hydrogens (tertiary/aromatic N) is 1. The van der Waals surface area contributed by atoms with E-state index in [2.05, 4.69) is 31.1 Å². The van der Waals surface area contributed by atoms with Crippen molar-refractivity contribution in [2.75, 3.05) is 32.9 Å². The number of benzene rings is 1.